The molecule has 5 rings (SSSR count). The van der Waals surface area contributed by atoms with Crippen molar-refractivity contribution in [3.8, 4) is 0 Å². The molecule has 0 aliphatic heterocycles. The van der Waals surface area contributed by atoms with Gasteiger partial charge in [0.15, 0.2) is 0 Å². The summed E-state index contributed by atoms with van der Waals surface area (Å²) < 4.78 is 32.5. The number of aromatic carboxylic acids is 1. The van der Waals surface area contributed by atoms with E-state index in [-0.39, 0.29) is 21.2 Å². The Morgan fingerprint density at radius 1 is 0.950 bits per heavy atom. The number of carboxylic acid groups (broad SMARTS) is 1. The maximum atomic E-state index is 13.3. The zero-order valence-electron chi connectivity index (χ0n) is 21.1. The Kier molecular flexibility index (Phi) is 7.85. The van der Waals surface area contributed by atoms with Gasteiger partial charge in [-0.05, 0) is 40.6 Å². The van der Waals surface area contributed by atoms with Gasteiger partial charge in [0.05, 0.1) is 12.1 Å². The van der Waals surface area contributed by atoms with Crippen LogP contribution in [0.1, 0.15) is 31.2 Å². The molecule has 0 unspecified atom stereocenters. The number of nitrogens with one attached hydrogen (secondary N) is 1. The first-order valence-electron chi connectivity index (χ1n) is 12.3. The van der Waals surface area contributed by atoms with Crippen LogP contribution in [0.25, 0.3) is 10.8 Å². The van der Waals surface area contributed by atoms with Crippen molar-refractivity contribution in [1.82, 2.24) is 14.9 Å². The second kappa shape index (κ2) is 11.6. The van der Waals surface area contributed by atoms with E-state index >= 15 is 0 Å². The normalized spacial score (nSPS) is 11.9. The third-order valence-electron chi connectivity index (χ3n) is 6.18. The number of nitrogens with zero attached hydrogens (tertiary/aromatic N) is 3. The molecule has 11 heteroatoms. The highest BCUT2D eigenvalue weighted by Gasteiger charge is 2.22. The number of amides is 1. The van der Waals surface area contributed by atoms with E-state index in [1.165, 1.54) is 35.6 Å². The lowest BCUT2D eigenvalue weighted by Gasteiger charge is -2.08. The molecule has 3 aromatic carbocycles. The minimum absolute atomic E-state index is 0.198. The molecule has 2 N–H and O–H groups in total. The Balaban J connectivity index is 1.50. The van der Waals surface area contributed by atoms with Gasteiger partial charge in [0.1, 0.15) is 4.90 Å². The smallest absolute Gasteiger partial charge is 0.337 e. The van der Waals surface area contributed by atoms with Crippen molar-refractivity contribution in [2.45, 2.75) is 17.9 Å². The number of carbonyl (C=O) groups excluding carboxylic acids is 1. The fourth-order valence-electron chi connectivity index (χ4n) is 4.27. The zero-order valence-corrected chi connectivity index (χ0v) is 22.7. The van der Waals surface area contributed by atoms with Crippen molar-refractivity contribution in [3.05, 3.63) is 124 Å². The predicted molar refractivity (Wildman–Crippen MR) is 152 cm³/mol. The van der Waals surface area contributed by atoms with Gasteiger partial charge in [0.25, 0.3) is 15.9 Å². The van der Waals surface area contributed by atoms with Crippen LogP contribution in [0.3, 0.4) is 0 Å². The van der Waals surface area contributed by atoms with Crippen molar-refractivity contribution in [1.29, 1.82) is 0 Å². The van der Waals surface area contributed by atoms with E-state index in [1.54, 1.807) is 29.1 Å². The first kappa shape index (κ1) is 27.0. The summed E-state index contributed by atoms with van der Waals surface area (Å²) in [6.07, 6.45) is 5.35. The van der Waals surface area contributed by atoms with E-state index < -0.39 is 16.0 Å². The molecule has 2 aromatic heterocycles. The number of benzene rings is 3. The zero-order chi connectivity index (χ0) is 28.1. The topological polar surface area (TPSA) is 131 Å². The van der Waals surface area contributed by atoms with Crippen LogP contribution in [0.4, 0.5) is 0 Å². The first-order valence-corrected chi connectivity index (χ1v) is 14.5. The molecule has 0 aliphatic carbocycles. The van der Waals surface area contributed by atoms with Crippen LogP contribution in [0.2, 0.25) is 0 Å². The maximum absolute atomic E-state index is 13.3. The number of fused-ring (bicyclic) bond motifs is 1. The Hall–Kier alpha value is -4.61. The van der Waals surface area contributed by atoms with Crippen LogP contribution in [-0.2, 0) is 23.0 Å². The van der Waals surface area contributed by atoms with Crippen LogP contribution in [-0.4, -0.2) is 41.5 Å². The van der Waals surface area contributed by atoms with E-state index in [4.69, 9.17) is 0 Å². The Morgan fingerprint density at radius 2 is 1.68 bits per heavy atom. The van der Waals surface area contributed by atoms with E-state index in [1.807, 2.05) is 48.7 Å². The van der Waals surface area contributed by atoms with Gasteiger partial charge in [-0.15, -0.1) is 15.7 Å². The molecule has 1 amide bonds. The van der Waals surface area contributed by atoms with E-state index in [0.29, 0.717) is 25.1 Å². The Bertz CT molecular complexity index is 1870. The third-order valence-corrected chi connectivity index (χ3v) is 8.70. The van der Waals surface area contributed by atoms with Crippen molar-refractivity contribution < 1.29 is 23.1 Å². The van der Waals surface area contributed by atoms with Crippen LogP contribution >= 0.6 is 11.3 Å². The molecule has 0 fully saturated rings. The number of thiazole rings is 1. The highest BCUT2D eigenvalue weighted by Crippen LogP contribution is 2.21. The van der Waals surface area contributed by atoms with Crippen LogP contribution in [0.5, 0.6) is 0 Å². The van der Waals surface area contributed by atoms with Gasteiger partial charge in [-0.1, -0.05) is 54.6 Å². The number of aromatic nitrogens is 2. The minimum Gasteiger partial charge on any atom is -0.478 e. The molecule has 0 spiro atoms. The SMILES string of the molecule is O=C(NCCc1cn(Cc2cccc3ccccc23)c(=NS(=O)(=O)c2ccccc2C(=O)O)s1)c1ccncc1. The number of hydrogen-bond acceptors (Lipinski definition) is 6. The summed E-state index contributed by atoms with van der Waals surface area (Å²) in [6, 6.07) is 22.5. The van der Waals surface area contributed by atoms with E-state index in [2.05, 4.69) is 14.7 Å². The summed E-state index contributed by atoms with van der Waals surface area (Å²) in [5.74, 6) is -1.59. The lowest BCUT2D eigenvalue weighted by atomic mass is 10.0. The predicted octanol–water partition coefficient (Wildman–Crippen LogP) is 4.11. The largest absolute Gasteiger partial charge is 0.478 e. The Morgan fingerprint density at radius 3 is 2.48 bits per heavy atom. The van der Waals surface area contributed by atoms with E-state index in [0.717, 1.165) is 21.2 Å². The monoisotopic (exact) mass is 572 g/mol. The van der Waals surface area contributed by atoms with Crippen molar-refractivity contribution >= 4 is 44.0 Å². The average molecular weight is 573 g/mol. The van der Waals surface area contributed by atoms with E-state index in [9.17, 15) is 23.1 Å². The quantitative estimate of drug-likeness (QED) is 0.273. The lowest BCUT2D eigenvalue weighted by Crippen LogP contribution is -2.25. The number of carbonyl (C=O) groups is 2. The third kappa shape index (κ3) is 6.00. The molecule has 0 saturated carbocycles. The number of hydrogen-bond donors (Lipinski definition) is 2. The fraction of sp³-hybridized carbons (Fsp3) is 0.103. The molecule has 2 heterocycles. The molecule has 5 aromatic rings. The molecular weight excluding hydrogens is 548 g/mol. The molecule has 9 nitrogen and oxygen atoms in total. The molecule has 40 heavy (non-hydrogen) atoms. The van der Waals surface area contributed by atoms with Crippen molar-refractivity contribution in [3.63, 3.8) is 0 Å². The first-order chi connectivity index (χ1) is 19.3. The highest BCUT2D eigenvalue weighted by atomic mass is 32.2. The van der Waals surface area contributed by atoms with Gasteiger partial charge >= 0.3 is 5.97 Å². The number of sulfonamides is 1. The van der Waals surface area contributed by atoms with Gasteiger partial charge in [-0.3, -0.25) is 9.78 Å². The highest BCUT2D eigenvalue weighted by molar-refractivity contribution is 7.90. The van der Waals surface area contributed by atoms with Crippen LogP contribution in [0, 0.1) is 0 Å². The lowest BCUT2D eigenvalue weighted by molar-refractivity contribution is 0.0692. The van der Waals surface area contributed by atoms with Gasteiger partial charge in [0, 0.05) is 42.0 Å². The van der Waals surface area contributed by atoms with Crippen molar-refractivity contribution in [2.24, 2.45) is 4.40 Å². The van der Waals surface area contributed by atoms with Crippen molar-refractivity contribution in [2.75, 3.05) is 6.54 Å². The summed E-state index contributed by atoms with van der Waals surface area (Å²) >= 11 is 1.18. The second-order valence-electron chi connectivity index (χ2n) is 8.86. The molecule has 0 aliphatic rings. The number of pyridine rings is 1. The van der Waals surface area contributed by atoms with Crippen LogP contribution < -0.4 is 10.1 Å². The summed E-state index contributed by atoms with van der Waals surface area (Å²) in [5.41, 5.74) is 1.12. The summed E-state index contributed by atoms with van der Waals surface area (Å²) in [6.45, 7) is 0.667. The Labute approximate surface area is 234 Å². The second-order valence-corrected chi connectivity index (χ2v) is 11.5. The number of rotatable bonds is 9. The number of carboxylic acids is 1. The molecular formula is C29H24N4O5S2. The standard InChI is InChI=1S/C29H24N4O5S2/c34-27(21-12-15-30-16-13-21)31-17-14-23-19-33(18-22-8-5-7-20-6-1-2-9-24(20)22)29(39-23)32-40(37,38)26-11-4-3-10-25(26)28(35)36/h1-13,15-16,19H,14,17-18H2,(H,31,34)(H,35,36). The molecule has 0 saturated heterocycles. The van der Waals surface area contributed by atoms with Gasteiger partial charge in [-0.25, -0.2) is 4.79 Å². The van der Waals surface area contributed by atoms with Crippen LogP contribution in [0.15, 0.2) is 107 Å². The molecule has 0 atom stereocenters. The van der Waals surface area contributed by atoms with Gasteiger partial charge in [-0.2, -0.15) is 8.42 Å². The molecule has 202 valence electrons. The average Bonchev–Trinajstić information content (AvgIpc) is 3.33. The fourth-order valence-corrected chi connectivity index (χ4v) is 6.66. The minimum atomic E-state index is -4.34. The summed E-state index contributed by atoms with van der Waals surface area (Å²) in [5, 5.41) is 14.5. The molecule has 0 bridgehead atoms. The summed E-state index contributed by atoms with van der Waals surface area (Å²) in [4.78, 5) is 28.6. The molecule has 0 radical (unpaired) electrons. The summed E-state index contributed by atoms with van der Waals surface area (Å²) in [7, 11) is -4.34. The van der Waals surface area contributed by atoms with Gasteiger partial charge in [0.2, 0.25) is 4.80 Å². The van der Waals surface area contributed by atoms with Gasteiger partial charge < -0.3 is 15.0 Å². The maximum Gasteiger partial charge on any atom is 0.337 e.